The molecule has 5 nitrogen and oxygen atoms in total. The summed E-state index contributed by atoms with van der Waals surface area (Å²) in [6.45, 7) is 3.64. The highest BCUT2D eigenvalue weighted by atomic mass is 32.2. The van der Waals surface area contributed by atoms with Gasteiger partial charge in [-0.15, -0.1) is 0 Å². The van der Waals surface area contributed by atoms with Crippen molar-refractivity contribution < 1.29 is 8.42 Å². The van der Waals surface area contributed by atoms with Crippen molar-refractivity contribution in [2.24, 2.45) is 0 Å². The van der Waals surface area contributed by atoms with Gasteiger partial charge in [0.25, 0.3) is 10.0 Å². The molecule has 0 saturated carbocycles. The van der Waals surface area contributed by atoms with Crippen LogP contribution in [0.1, 0.15) is 16.7 Å². The van der Waals surface area contributed by atoms with E-state index in [4.69, 9.17) is 11.0 Å². The van der Waals surface area contributed by atoms with E-state index in [1.165, 1.54) is 12.1 Å². The molecule has 2 rings (SSSR count). The number of benzene rings is 2. The number of sulfonamides is 1. The van der Waals surface area contributed by atoms with E-state index in [2.05, 4.69) is 4.72 Å². The van der Waals surface area contributed by atoms with Gasteiger partial charge < -0.3 is 5.73 Å². The lowest BCUT2D eigenvalue weighted by Gasteiger charge is -2.11. The van der Waals surface area contributed by atoms with Crippen molar-refractivity contribution >= 4 is 21.4 Å². The number of hydrogen-bond acceptors (Lipinski definition) is 4. The summed E-state index contributed by atoms with van der Waals surface area (Å²) in [5.74, 6) is 0. The van der Waals surface area contributed by atoms with Crippen molar-refractivity contribution in [1.82, 2.24) is 0 Å². The normalized spacial score (nSPS) is 10.9. The standard InChI is InChI=1S/C15H15N3O2S/c1-10-6-14(8-15(17)11(10)2)21(19,20)18-13-5-3-4-12(7-13)9-16/h3-8,18H,17H2,1-2H3. The third-order valence-corrected chi connectivity index (χ3v) is 4.60. The zero-order chi connectivity index (χ0) is 15.6. The van der Waals surface area contributed by atoms with Gasteiger partial charge in [0.15, 0.2) is 0 Å². The van der Waals surface area contributed by atoms with Crippen LogP contribution in [0.5, 0.6) is 0 Å². The molecule has 2 aromatic rings. The number of nitrogens with one attached hydrogen (secondary N) is 1. The van der Waals surface area contributed by atoms with Gasteiger partial charge in [-0.25, -0.2) is 8.42 Å². The summed E-state index contributed by atoms with van der Waals surface area (Å²) in [6, 6.07) is 11.2. The van der Waals surface area contributed by atoms with Gasteiger partial charge in [0.2, 0.25) is 0 Å². The first kappa shape index (κ1) is 14.9. The molecule has 0 aliphatic rings. The summed E-state index contributed by atoms with van der Waals surface area (Å²) in [6.07, 6.45) is 0. The monoisotopic (exact) mass is 301 g/mol. The number of nitrogens with two attached hydrogens (primary N) is 1. The zero-order valence-electron chi connectivity index (χ0n) is 11.7. The molecule has 0 atom stereocenters. The topological polar surface area (TPSA) is 96.0 Å². The van der Waals surface area contributed by atoms with Crippen LogP contribution < -0.4 is 10.5 Å². The van der Waals surface area contributed by atoms with Crippen LogP contribution in [0, 0.1) is 25.2 Å². The molecule has 0 aliphatic carbocycles. The first-order chi connectivity index (χ1) is 9.83. The molecule has 0 saturated heterocycles. The molecular weight excluding hydrogens is 286 g/mol. The van der Waals surface area contributed by atoms with E-state index < -0.39 is 10.0 Å². The highest BCUT2D eigenvalue weighted by molar-refractivity contribution is 7.92. The Morgan fingerprint density at radius 3 is 2.52 bits per heavy atom. The molecule has 6 heteroatoms. The summed E-state index contributed by atoms with van der Waals surface area (Å²) in [5, 5.41) is 8.84. The van der Waals surface area contributed by atoms with E-state index in [0.29, 0.717) is 16.9 Å². The summed E-state index contributed by atoms with van der Waals surface area (Å²) < 4.78 is 27.2. The van der Waals surface area contributed by atoms with Crippen molar-refractivity contribution in [3.8, 4) is 6.07 Å². The quantitative estimate of drug-likeness (QED) is 0.851. The first-order valence-electron chi connectivity index (χ1n) is 6.23. The van der Waals surface area contributed by atoms with Crippen LogP contribution >= 0.6 is 0 Å². The van der Waals surface area contributed by atoms with Gasteiger partial charge in [-0.3, -0.25) is 4.72 Å². The summed E-state index contributed by atoms with van der Waals surface area (Å²) in [4.78, 5) is 0.102. The SMILES string of the molecule is Cc1cc(S(=O)(=O)Nc2cccc(C#N)c2)cc(N)c1C. The molecule has 0 radical (unpaired) electrons. The molecule has 0 aromatic heterocycles. The molecular formula is C15H15N3O2S. The van der Waals surface area contributed by atoms with Crippen LogP contribution in [0.3, 0.4) is 0 Å². The summed E-state index contributed by atoms with van der Waals surface area (Å²) in [5.41, 5.74) is 8.64. The lowest BCUT2D eigenvalue weighted by molar-refractivity contribution is 0.601. The predicted molar refractivity (Wildman–Crippen MR) is 82.3 cm³/mol. The van der Waals surface area contributed by atoms with Gasteiger partial charge >= 0.3 is 0 Å². The summed E-state index contributed by atoms with van der Waals surface area (Å²) in [7, 11) is -3.74. The predicted octanol–water partition coefficient (Wildman–Crippen LogP) is 2.56. The minimum Gasteiger partial charge on any atom is -0.398 e. The molecule has 21 heavy (non-hydrogen) atoms. The maximum atomic E-state index is 12.4. The molecule has 0 bridgehead atoms. The molecule has 0 aliphatic heterocycles. The lowest BCUT2D eigenvalue weighted by Crippen LogP contribution is -2.14. The van der Waals surface area contributed by atoms with Gasteiger partial charge in [-0.05, 0) is 55.3 Å². The number of nitrogen functional groups attached to an aromatic ring is 1. The van der Waals surface area contributed by atoms with Crippen molar-refractivity contribution in [2.75, 3.05) is 10.5 Å². The van der Waals surface area contributed by atoms with Gasteiger partial charge in [0.1, 0.15) is 0 Å². The van der Waals surface area contributed by atoms with Gasteiger partial charge in [0, 0.05) is 5.69 Å². The Hall–Kier alpha value is -2.52. The Morgan fingerprint density at radius 1 is 1.19 bits per heavy atom. The Kier molecular flexibility index (Phi) is 3.87. The molecule has 0 heterocycles. The molecule has 3 N–H and O–H groups in total. The molecule has 0 amide bonds. The third-order valence-electron chi connectivity index (χ3n) is 3.24. The Labute approximate surface area is 124 Å². The average Bonchev–Trinajstić information content (AvgIpc) is 2.44. The Bertz CT molecular complexity index is 813. The molecule has 0 unspecified atom stereocenters. The van der Waals surface area contributed by atoms with Crippen LogP contribution in [-0.2, 0) is 10.0 Å². The largest absolute Gasteiger partial charge is 0.398 e. The Balaban J connectivity index is 2.41. The van der Waals surface area contributed by atoms with E-state index in [1.54, 1.807) is 31.2 Å². The zero-order valence-corrected chi connectivity index (χ0v) is 12.5. The smallest absolute Gasteiger partial charge is 0.261 e. The highest BCUT2D eigenvalue weighted by Crippen LogP contribution is 2.23. The van der Waals surface area contributed by atoms with E-state index >= 15 is 0 Å². The number of rotatable bonds is 3. The fraction of sp³-hybridized carbons (Fsp3) is 0.133. The van der Waals surface area contributed by atoms with E-state index in [0.717, 1.165) is 11.1 Å². The average molecular weight is 301 g/mol. The fourth-order valence-electron chi connectivity index (χ4n) is 1.87. The molecule has 108 valence electrons. The van der Waals surface area contributed by atoms with E-state index in [1.807, 2.05) is 13.0 Å². The van der Waals surface area contributed by atoms with Gasteiger partial charge in [0.05, 0.1) is 22.2 Å². The fourth-order valence-corrected chi connectivity index (χ4v) is 3.04. The molecule has 2 aromatic carbocycles. The minimum absolute atomic E-state index is 0.102. The second kappa shape index (κ2) is 5.46. The highest BCUT2D eigenvalue weighted by Gasteiger charge is 2.16. The number of anilines is 2. The van der Waals surface area contributed by atoms with Crippen molar-refractivity contribution in [1.29, 1.82) is 5.26 Å². The summed E-state index contributed by atoms with van der Waals surface area (Å²) >= 11 is 0. The maximum absolute atomic E-state index is 12.4. The van der Waals surface area contributed by atoms with Crippen LogP contribution in [0.4, 0.5) is 11.4 Å². The van der Waals surface area contributed by atoms with Crippen LogP contribution in [0.25, 0.3) is 0 Å². The minimum atomic E-state index is -3.74. The first-order valence-corrected chi connectivity index (χ1v) is 7.71. The Morgan fingerprint density at radius 2 is 1.90 bits per heavy atom. The second-order valence-electron chi connectivity index (χ2n) is 4.75. The van der Waals surface area contributed by atoms with Crippen LogP contribution in [-0.4, -0.2) is 8.42 Å². The van der Waals surface area contributed by atoms with Crippen LogP contribution in [0.15, 0.2) is 41.3 Å². The second-order valence-corrected chi connectivity index (χ2v) is 6.43. The number of aryl methyl sites for hydroxylation is 1. The van der Waals surface area contributed by atoms with Gasteiger partial charge in [-0.2, -0.15) is 5.26 Å². The number of nitrogens with zero attached hydrogens (tertiary/aromatic N) is 1. The third kappa shape index (κ3) is 3.15. The van der Waals surface area contributed by atoms with E-state index in [-0.39, 0.29) is 4.90 Å². The maximum Gasteiger partial charge on any atom is 0.261 e. The van der Waals surface area contributed by atoms with Crippen molar-refractivity contribution in [3.05, 3.63) is 53.1 Å². The number of hydrogen-bond donors (Lipinski definition) is 2. The van der Waals surface area contributed by atoms with Gasteiger partial charge in [-0.1, -0.05) is 6.07 Å². The molecule has 0 spiro atoms. The lowest BCUT2D eigenvalue weighted by atomic mass is 10.1. The number of nitriles is 1. The molecule has 0 fully saturated rings. The van der Waals surface area contributed by atoms with E-state index in [9.17, 15) is 8.42 Å². The van der Waals surface area contributed by atoms with Crippen molar-refractivity contribution in [3.63, 3.8) is 0 Å². The van der Waals surface area contributed by atoms with Crippen LogP contribution in [0.2, 0.25) is 0 Å². The van der Waals surface area contributed by atoms with Crippen molar-refractivity contribution in [2.45, 2.75) is 18.7 Å².